The minimum absolute atomic E-state index is 0.0920. The Balaban J connectivity index is 2.86. The molecule has 0 aliphatic heterocycles. The van der Waals surface area contributed by atoms with Crippen LogP contribution in [0, 0.1) is 6.92 Å². The molecule has 0 unspecified atom stereocenters. The van der Waals surface area contributed by atoms with E-state index in [9.17, 15) is 9.59 Å². The van der Waals surface area contributed by atoms with Crippen LogP contribution in [0.2, 0.25) is 0 Å². The molecule has 0 heterocycles. The molecule has 2 amide bonds. The van der Waals surface area contributed by atoms with Crippen LogP contribution < -0.4 is 5.32 Å². The Kier molecular flexibility index (Phi) is 6.02. The van der Waals surface area contributed by atoms with Crippen molar-refractivity contribution < 1.29 is 9.59 Å². The van der Waals surface area contributed by atoms with E-state index in [-0.39, 0.29) is 18.4 Å². The van der Waals surface area contributed by atoms with Crippen molar-refractivity contribution in [3.05, 3.63) is 33.8 Å². The van der Waals surface area contributed by atoms with Crippen molar-refractivity contribution in [1.82, 2.24) is 10.2 Å². The maximum Gasteiger partial charge on any atom is 0.254 e. The van der Waals surface area contributed by atoms with E-state index in [0.717, 1.165) is 10.0 Å². The quantitative estimate of drug-likeness (QED) is 0.903. The van der Waals surface area contributed by atoms with Gasteiger partial charge in [-0.25, -0.2) is 0 Å². The van der Waals surface area contributed by atoms with Gasteiger partial charge in [0, 0.05) is 23.1 Å². The average molecular weight is 327 g/mol. The van der Waals surface area contributed by atoms with E-state index in [2.05, 4.69) is 21.2 Å². The standard InChI is InChI=1S/C14H19BrN2O2/c1-4-16-13(18)9-17(5-2)14(19)11-6-10(3)7-12(15)8-11/h6-8H,4-5,9H2,1-3H3,(H,16,18). The summed E-state index contributed by atoms with van der Waals surface area (Å²) in [6, 6.07) is 5.54. The molecule has 1 aromatic rings. The molecule has 104 valence electrons. The van der Waals surface area contributed by atoms with Crippen LogP contribution in [0.3, 0.4) is 0 Å². The van der Waals surface area contributed by atoms with Gasteiger partial charge in [0.25, 0.3) is 5.91 Å². The lowest BCUT2D eigenvalue weighted by atomic mass is 10.1. The van der Waals surface area contributed by atoms with E-state index >= 15 is 0 Å². The van der Waals surface area contributed by atoms with Crippen LogP contribution >= 0.6 is 15.9 Å². The summed E-state index contributed by atoms with van der Waals surface area (Å²) in [5.74, 6) is -0.262. The summed E-state index contributed by atoms with van der Waals surface area (Å²) in [6.45, 7) is 6.81. The molecule has 5 heteroatoms. The topological polar surface area (TPSA) is 49.4 Å². The van der Waals surface area contributed by atoms with Gasteiger partial charge in [0.2, 0.25) is 5.91 Å². The molecule has 1 rings (SSSR count). The van der Waals surface area contributed by atoms with Gasteiger partial charge in [0.15, 0.2) is 0 Å². The number of amides is 2. The van der Waals surface area contributed by atoms with Gasteiger partial charge in [-0.15, -0.1) is 0 Å². The average Bonchev–Trinajstić information content (AvgIpc) is 2.34. The van der Waals surface area contributed by atoms with Crippen molar-refractivity contribution in [3.63, 3.8) is 0 Å². The van der Waals surface area contributed by atoms with Crippen LogP contribution in [0.15, 0.2) is 22.7 Å². The van der Waals surface area contributed by atoms with Crippen molar-refractivity contribution in [2.75, 3.05) is 19.6 Å². The summed E-state index contributed by atoms with van der Waals surface area (Å²) in [7, 11) is 0. The fraction of sp³-hybridized carbons (Fsp3) is 0.429. The van der Waals surface area contributed by atoms with Crippen LogP contribution in [0.1, 0.15) is 29.8 Å². The summed E-state index contributed by atoms with van der Waals surface area (Å²) in [6.07, 6.45) is 0. The van der Waals surface area contributed by atoms with Gasteiger partial charge in [-0.1, -0.05) is 15.9 Å². The maximum absolute atomic E-state index is 12.3. The first-order valence-corrected chi connectivity index (χ1v) is 7.10. The molecule has 1 N–H and O–H groups in total. The lowest BCUT2D eigenvalue weighted by Crippen LogP contribution is -2.40. The number of benzene rings is 1. The zero-order valence-electron chi connectivity index (χ0n) is 11.5. The molecule has 0 radical (unpaired) electrons. The Bertz CT molecular complexity index is 454. The molecule has 0 aliphatic carbocycles. The van der Waals surface area contributed by atoms with Crippen LogP contribution in [-0.2, 0) is 4.79 Å². The molecular formula is C14H19BrN2O2. The molecule has 0 saturated carbocycles. The number of aryl methyl sites for hydroxylation is 1. The van der Waals surface area contributed by atoms with E-state index in [0.29, 0.717) is 18.7 Å². The summed E-state index contributed by atoms with van der Waals surface area (Å²) in [5, 5.41) is 2.70. The molecule has 0 atom stereocenters. The summed E-state index contributed by atoms with van der Waals surface area (Å²) < 4.78 is 0.866. The number of carbonyl (C=O) groups excluding carboxylic acids is 2. The second-order valence-electron chi connectivity index (χ2n) is 4.29. The zero-order chi connectivity index (χ0) is 14.4. The Labute approximate surface area is 122 Å². The van der Waals surface area contributed by atoms with Crippen LogP contribution in [0.4, 0.5) is 0 Å². The maximum atomic E-state index is 12.3. The molecular weight excluding hydrogens is 308 g/mol. The molecule has 19 heavy (non-hydrogen) atoms. The molecule has 0 fully saturated rings. The van der Waals surface area contributed by atoms with E-state index in [4.69, 9.17) is 0 Å². The lowest BCUT2D eigenvalue weighted by molar-refractivity contribution is -0.121. The summed E-state index contributed by atoms with van der Waals surface area (Å²) >= 11 is 3.38. The normalized spacial score (nSPS) is 10.1. The van der Waals surface area contributed by atoms with Crippen LogP contribution in [0.5, 0.6) is 0 Å². The SMILES string of the molecule is CCNC(=O)CN(CC)C(=O)c1cc(C)cc(Br)c1. The van der Waals surface area contributed by atoms with E-state index < -0.39 is 0 Å². The first kappa shape index (κ1) is 15.7. The number of nitrogens with one attached hydrogen (secondary N) is 1. The highest BCUT2D eigenvalue weighted by atomic mass is 79.9. The van der Waals surface area contributed by atoms with Gasteiger partial charge in [0.1, 0.15) is 0 Å². The molecule has 4 nitrogen and oxygen atoms in total. The second-order valence-corrected chi connectivity index (χ2v) is 5.21. The van der Waals surface area contributed by atoms with Gasteiger partial charge in [0.05, 0.1) is 6.54 Å². The second kappa shape index (κ2) is 7.28. The highest BCUT2D eigenvalue weighted by Crippen LogP contribution is 2.16. The predicted octanol–water partition coefficient (Wildman–Crippen LogP) is 2.36. The first-order chi connectivity index (χ1) is 8.97. The first-order valence-electron chi connectivity index (χ1n) is 6.31. The third kappa shape index (κ3) is 4.67. The highest BCUT2D eigenvalue weighted by molar-refractivity contribution is 9.10. The number of halogens is 1. The van der Waals surface area contributed by atoms with E-state index in [1.54, 1.807) is 6.07 Å². The molecule has 0 saturated heterocycles. The number of rotatable bonds is 5. The molecule has 0 aromatic heterocycles. The summed E-state index contributed by atoms with van der Waals surface area (Å²) in [5.41, 5.74) is 1.60. The Morgan fingerprint density at radius 1 is 1.26 bits per heavy atom. The molecule has 0 bridgehead atoms. The Hall–Kier alpha value is -1.36. The van der Waals surface area contributed by atoms with Crippen molar-refractivity contribution >= 4 is 27.7 Å². The third-order valence-electron chi connectivity index (χ3n) is 2.67. The minimum Gasteiger partial charge on any atom is -0.355 e. The van der Waals surface area contributed by atoms with E-state index in [1.165, 1.54) is 4.90 Å². The number of hydrogen-bond donors (Lipinski definition) is 1. The van der Waals surface area contributed by atoms with Gasteiger partial charge < -0.3 is 10.2 Å². The number of nitrogens with zero attached hydrogens (tertiary/aromatic N) is 1. The van der Waals surface area contributed by atoms with Gasteiger partial charge >= 0.3 is 0 Å². The Morgan fingerprint density at radius 2 is 1.95 bits per heavy atom. The van der Waals surface area contributed by atoms with E-state index in [1.807, 2.05) is 32.9 Å². The van der Waals surface area contributed by atoms with Gasteiger partial charge in [-0.2, -0.15) is 0 Å². The smallest absolute Gasteiger partial charge is 0.254 e. The van der Waals surface area contributed by atoms with Crippen molar-refractivity contribution in [3.8, 4) is 0 Å². The van der Waals surface area contributed by atoms with Crippen LogP contribution in [0.25, 0.3) is 0 Å². The Morgan fingerprint density at radius 3 is 2.47 bits per heavy atom. The van der Waals surface area contributed by atoms with Crippen molar-refractivity contribution in [1.29, 1.82) is 0 Å². The fourth-order valence-electron chi connectivity index (χ4n) is 1.80. The lowest BCUT2D eigenvalue weighted by Gasteiger charge is -2.20. The van der Waals surface area contributed by atoms with Gasteiger partial charge in [-0.05, 0) is 44.5 Å². The number of carbonyl (C=O) groups is 2. The highest BCUT2D eigenvalue weighted by Gasteiger charge is 2.17. The predicted molar refractivity (Wildman–Crippen MR) is 79.1 cm³/mol. The van der Waals surface area contributed by atoms with Crippen molar-refractivity contribution in [2.24, 2.45) is 0 Å². The number of hydrogen-bond acceptors (Lipinski definition) is 2. The monoisotopic (exact) mass is 326 g/mol. The molecule has 0 spiro atoms. The largest absolute Gasteiger partial charge is 0.355 e. The van der Waals surface area contributed by atoms with Crippen LogP contribution in [-0.4, -0.2) is 36.3 Å². The molecule has 1 aromatic carbocycles. The third-order valence-corrected chi connectivity index (χ3v) is 3.12. The molecule has 0 aliphatic rings. The minimum atomic E-state index is -0.135. The summed E-state index contributed by atoms with van der Waals surface area (Å²) in [4.78, 5) is 25.4. The van der Waals surface area contributed by atoms with Gasteiger partial charge in [-0.3, -0.25) is 9.59 Å². The fourth-order valence-corrected chi connectivity index (χ4v) is 2.40. The van der Waals surface area contributed by atoms with Crippen molar-refractivity contribution in [2.45, 2.75) is 20.8 Å². The number of likely N-dealkylation sites (N-methyl/N-ethyl adjacent to an activating group) is 2. The zero-order valence-corrected chi connectivity index (χ0v) is 13.1.